The van der Waals surface area contributed by atoms with Crippen LogP contribution in [0.5, 0.6) is 5.75 Å². The zero-order valence-corrected chi connectivity index (χ0v) is 21.0. The van der Waals surface area contributed by atoms with E-state index in [9.17, 15) is 4.79 Å². The van der Waals surface area contributed by atoms with Crippen LogP contribution in [0.3, 0.4) is 0 Å². The summed E-state index contributed by atoms with van der Waals surface area (Å²) < 4.78 is 5.78. The minimum atomic E-state index is 0. The highest BCUT2D eigenvalue weighted by Gasteiger charge is 2.18. The molecule has 0 aliphatic carbocycles. The zero-order chi connectivity index (χ0) is 20.9. The van der Waals surface area contributed by atoms with Crippen molar-refractivity contribution in [3.63, 3.8) is 0 Å². The van der Waals surface area contributed by atoms with Crippen LogP contribution in [-0.4, -0.2) is 75.1 Å². The molecule has 1 saturated heterocycles. The molecule has 8 heteroatoms. The van der Waals surface area contributed by atoms with Gasteiger partial charge in [0.15, 0.2) is 5.96 Å². The summed E-state index contributed by atoms with van der Waals surface area (Å²) in [5.41, 5.74) is 1.14. The standard InChI is InChI=1S/C22H37N5O2.HI/c1-4-23-22(24-13-6-16-27-15-5-8-21(27)28)25-18-19-9-11-20(12-10-19)29-17-7-14-26(2)3;/h9-12H,4-8,13-18H2,1-3H3,(H2,23,24,25);1H. The van der Waals surface area contributed by atoms with E-state index in [0.29, 0.717) is 13.0 Å². The molecule has 0 spiro atoms. The molecule has 1 aliphatic rings. The molecule has 1 amide bonds. The average Bonchev–Trinajstić information content (AvgIpc) is 3.12. The van der Waals surface area contributed by atoms with Crippen LogP contribution in [0.2, 0.25) is 0 Å². The van der Waals surface area contributed by atoms with E-state index < -0.39 is 0 Å². The molecule has 0 radical (unpaired) electrons. The van der Waals surface area contributed by atoms with E-state index in [1.807, 2.05) is 17.0 Å². The number of aliphatic imine (C=N–C) groups is 1. The molecule has 1 fully saturated rings. The SMILES string of the molecule is CCNC(=NCc1ccc(OCCCN(C)C)cc1)NCCCN1CCCC1=O.I. The first kappa shape index (κ1) is 26.5. The molecule has 0 aromatic heterocycles. The monoisotopic (exact) mass is 531 g/mol. The third-order valence-electron chi connectivity index (χ3n) is 4.77. The lowest BCUT2D eigenvalue weighted by atomic mass is 10.2. The van der Waals surface area contributed by atoms with Gasteiger partial charge in [-0.05, 0) is 58.0 Å². The topological polar surface area (TPSA) is 69.2 Å². The van der Waals surface area contributed by atoms with Gasteiger partial charge in [-0.25, -0.2) is 4.99 Å². The zero-order valence-electron chi connectivity index (χ0n) is 18.7. The van der Waals surface area contributed by atoms with Gasteiger partial charge in [0.2, 0.25) is 5.91 Å². The van der Waals surface area contributed by atoms with E-state index in [0.717, 1.165) is 75.9 Å². The second-order valence-corrected chi connectivity index (χ2v) is 7.61. The summed E-state index contributed by atoms with van der Waals surface area (Å²) >= 11 is 0. The lowest BCUT2D eigenvalue weighted by Gasteiger charge is -2.16. The smallest absolute Gasteiger partial charge is 0.222 e. The van der Waals surface area contributed by atoms with Gasteiger partial charge in [0.05, 0.1) is 13.2 Å². The maximum Gasteiger partial charge on any atom is 0.222 e. The molecular formula is C22H38IN5O2. The van der Waals surface area contributed by atoms with Crippen LogP contribution in [0.4, 0.5) is 0 Å². The molecule has 1 aliphatic heterocycles. The normalized spacial score (nSPS) is 14.1. The highest BCUT2D eigenvalue weighted by atomic mass is 127. The fraction of sp³-hybridized carbons (Fsp3) is 0.636. The van der Waals surface area contributed by atoms with Crippen molar-refractivity contribution in [3.05, 3.63) is 29.8 Å². The van der Waals surface area contributed by atoms with Gasteiger partial charge in [0.25, 0.3) is 0 Å². The van der Waals surface area contributed by atoms with Crippen molar-refractivity contribution in [2.45, 2.75) is 39.2 Å². The van der Waals surface area contributed by atoms with Gasteiger partial charge in [0, 0.05) is 39.1 Å². The highest BCUT2D eigenvalue weighted by molar-refractivity contribution is 14.0. The van der Waals surface area contributed by atoms with E-state index in [1.54, 1.807) is 0 Å². The molecule has 7 nitrogen and oxygen atoms in total. The Morgan fingerprint density at radius 1 is 1.20 bits per heavy atom. The van der Waals surface area contributed by atoms with E-state index >= 15 is 0 Å². The lowest BCUT2D eigenvalue weighted by Crippen LogP contribution is -2.39. The van der Waals surface area contributed by atoms with Crippen molar-refractivity contribution in [2.24, 2.45) is 4.99 Å². The Morgan fingerprint density at radius 3 is 2.60 bits per heavy atom. The minimum Gasteiger partial charge on any atom is -0.494 e. The highest BCUT2D eigenvalue weighted by Crippen LogP contribution is 2.13. The number of nitrogens with one attached hydrogen (secondary N) is 2. The van der Waals surface area contributed by atoms with Crippen molar-refractivity contribution >= 4 is 35.8 Å². The number of likely N-dealkylation sites (tertiary alicyclic amines) is 1. The summed E-state index contributed by atoms with van der Waals surface area (Å²) in [7, 11) is 4.14. The largest absolute Gasteiger partial charge is 0.494 e. The van der Waals surface area contributed by atoms with Gasteiger partial charge < -0.3 is 25.2 Å². The summed E-state index contributed by atoms with van der Waals surface area (Å²) in [4.78, 5) is 20.4. The Kier molecular flexibility index (Phi) is 13.5. The molecule has 0 bridgehead atoms. The van der Waals surface area contributed by atoms with E-state index in [2.05, 4.69) is 53.7 Å². The Hall–Kier alpha value is -1.55. The van der Waals surface area contributed by atoms with Crippen LogP contribution < -0.4 is 15.4 Å². The number of ether oxygens (including phenoxy) is 1. The molecule has 2 rings (SSSR count). The second-order valence-electron chi connectivity index (χ2n) is 7.61. The summed E-state index contributed by atoms with van der Waals surface area (Å²) in [5, 5.41) is 6.63. The number of rotatable bonds is 12. The first-order valence-corrected chi connectivity index (χ1v) is 10.7. The predicted molar refractivity (Wildman–Crippen MR) is 134 cm³/mol. The molecule has 1 aromatic rings. The van der Waals surface area contributed by atoms with Crippen molar-refractivity contribution in [3.8, 4) is 5.75 Å². The molecule has 1 heterocycles. The van der Waals surface area contributed by atoms with Crippen LogP contribution in [0.15, 0.2) is 29.3 Å². The Morgan fingerprint density at radius 2 is 1.97 bits per heavy atom. The fourth-order valence-corrected chi connectivity index (χ4v) is 3.19. The van der Waals surface area contributed by atoms with Gasteiger partial charge >= 0.3 is 0 Å². The van der Waals surface area contributed by atoms with Crippen LogP contribution in [0, 0.1) is 0 Å². The number of guanidine groups is 1. The Labute approximate surface area is 198 Å². The summed E-state index contributed by atoms with van der Waals surface area (Å²) in [6.45, 7) is 7.77. The van der Waals surface area contributed by atoms with Gasteiger partial charge in [0.1, 0.15) is 5.75 Å². The molecule has 30 heavy (non-hydrogen) atoms. The maximum absolute atomic E-state index is 11.6. The summed E-state index contributed by atoms with van der Waals surface area (Å²) in [6.07, 6.45) is 3.65. The Balaban J connectivity index is 0.00000450. The first-order valence-electron chi connectivity index (χ1n) is 10.7. The summed E-state index contributed by atoms with van der Waals surface area (Å²) in [6, 6.07) is 8.14. The van der Waals surface area contributed by atoms with Gasteiger partial charge in [-0.3, -0.25) is 4.79 Å². The van der Waals surface area contributed by atoms with Crippen LogP contribution in [0.25, 0.3) is 0 Å². The molecular weight excluding hydrogens is 493 g/mol. The van der Waals surface area contributed by atoms with Gasteiger partial charge in [-0.2, -0.15) is 0 Å². The van der Waals surface area contributed by atoms with Crippen molar-refractivity contribution in [1.82, 2.24) is 20.4 Å². The molecule has 0 unspecified atom stereocenters. The van der Waals surface area contributed by atoms with Crippen molar-refractivity contribution < 1.29 is 9.53 Å². The van der Waals surface area contributed by atoms with E-state index in [-0.39, 0.29) is 29.9 Å². The number of amides is 1. The third-order valence-corrected chi connectivity index (χ3v) is 4.77. The van der Waals surface area contributed by atoms with E-state index in [1.165, 1.54) is 0 Å². The van der Waals surface area contributed by atoms with Gasteiger partial charge in [-0.1, -0.05) is 12.1 Å². The van der Waals surface area contributed by atoms with Crippen LogP contribution in [-0.2, 0) is 11.3 Å². The number of hydrogen-bond donors (Lipinski definition) is 2. The van der Waals surface area contributed by atoms with Gasteiger partial charge in [-0.15, -0.1) is 24.0 Å². The number of benzene rings is 1. The molecule has 170 valence electrons. The average molecular weight is 531 g/mol. The van der Waals surface area contributed by atoms with E-state index in [4.69, 9.17) is 4.74 Å². The molecule has 0 atom stereocenters. The second kappa shape index (κ2) is 15.3. The first-order chi connectivity index (χ1) is 14.1. The number of nitrogens with zero attached hydrogens (tertiary/aromatic N) is 3. The lowest BCUT2D eigenvalue weighted by molar-refractivity contribution is -0.127. The van der Waals surface area contributed by atoms with Crippen molar-refractivity contribution in [1.29, 1.82) is 0 Å². The van der Waals surface area contributed by atoms with Crippen LogP contribution >= 0.6 is 24.0 Å². The maximum atomic E-state index is 11.6. The number of hydrogen-bond acceptors (Lipinski definition) is 4. The number of halogens is 1. The quantitative estimate of drug-likeness (QED) is 0.188. The molecule has 0 saturated carbocycles. The molecule has 2 N–H and O–H groups in total. The third kappa shape index (κ3) is 10.5. The molecule has 1 aromatic carbocycles. The predicted octanol–water partition coefficient (Wildman–Crippen LogP) is 2.70. The fourth-order valence-electron chi connectivity index (χ4n) is 3.19. The van der Waals surface area contributed by atoms with Crippen molar-refractivity contribution in [2.75, 3.05) is 53.4 Å². The summed E-state index contributed by atoms with van der Waals surface area (Å²) in [5.74, 6) is 2.00. The number of carbonyl (C=O) groups is 1. The minimum absolute atomic E-state index is 0. The van der Waals surface area contributed by atoms with Crippen LogP contribution in [0.1, 0.15) is 38.2 Å². The Bertz CT molecular complexity index is 637. The number of carbonyl (C=O) groups excluding carboxylic acids is 1.